The maximum atomic E-state index is 4.85. The van der Waals surface area contributed by atoms with E-state index in [1.54, 1.807) is 0 Å². The summed E-state index contributed by atoms with van der Waals surface area (Å²) in [5.74, 6) is 4.15. The first-order valence-corrected chi connectivity index (χ1v) is 12.3. The fraction of sp³-hybridized carbons (Fsp3) is 0.640. The van der Waals surface area contributed by atoms with Crippen LogP contribution in [0.15, 0.2) is 29.3 Å². The van der Waals surface area contributed by atoms with Gasteiger partial charge in [0, 0.05) is 43.7 Å². The van der Waals surface area contributed by atoms with Crippen molar-refractivity contribution in [2.24, 2.45) is 10.9 Å². The zero-order valence-electron chi connectivity index (χ0n) is 20.5. The standard InChI is InChI=1S/C25H39N7.HI/c1-5-26-25(28-21-8-11-23-29-24(18(2)3)30-32(23)17-21)27-16-20-6-9-22(10-7-20)31-14-12-19(4)13-15-31;/h6-7,9-10,18-19,21H,5,8,11-17H2,1-4H3,(H2,26,27,28);1H. The number of piperidine rings is 1. The maximum absolute atomic E-state index is 4.85. The molecule has 2 aromatic rings. The Balaban J connectivity index is 0.00000306. The Bertz CT molecular complexity index is 898. The van der Waals surface area contributed by atoms with Crippen molar-refractivity contribution in [3.05, 3.63) is 41.5 Å². The molecule has 1 atom stereocenters. The summed E-state index contributed by atoms with van der Waals surface area (Å²) in [5.41, 5.74) is 2.57. The summed E-state index contributed by atoms with van der Waals surface area (Å²) in [4.78, 5) is 12.1. The number of anilines is 1. The SMILES string of the molecule is CCNC(=NCc1ccc(N2CCC(C)CC2)cc1)NC1CCc2nc(C(C)C)nn2C1.I. The molecular formula is C25H40IN7. The molecule has 1 unspecified atom stereocenters. The molecule has 3 heterocycles. The van der Waals surface area contributed by atoms with Crippen LogP contribution in [-0.4, -0.2) is 46.4 Å². The summed E-state index contributed by atoms with van der Waals surface area (Å²) in [7, 11) is 0. The quantitative estimate of drug-likeness (QED) is 0.310. The Morgan fingerprint density at radius 3 is 2.55 bits per heavy atom. The van der Waals surface area contributed by atoms with Gasteiger partial charge in [-0.25, -0.2) is 14.7 Å². The predicted octanol–water partition coefficient (Wildman–Crippen LogP) is 4.33. The molecule has 8 heteroatoms. The lowest BCUT2D eigenvalue weighted by Crippen LogP contribution is -2.47. The summed E-state index contributed by atoms with van der Waals surface area (Å²) in [6, 6.07) is 9.25. The molecule has 7 nitrogen and oxygen atoms in total. The van der Waals surface area contributed by atoms with Crippen molar-refractivity contribution in [3.8, 4) is 0 Å². The van der Waals surface area contributed by atoms with Crippen LogP contribution in [0.3, 0.4) is 0 Å². The van der Waals surface area contributed by atoms with Gasteiger partial charge < -0.3 is 15.5 Å². The summed E-state index contributed by atoms with van der Waals surface area (Å²) in [5, 5.41) is 11.7. The number of nitrogens with zero attached hydrogens (tertiary/aromatic N) is 5. The second-order valence-corrected chi connectivity index (χ2v) is 9.63. The largest absolute Gasteiger partial charge is 0.372 e. The highest BCUT2D eigenvalue weighted by Crippen LogP contribution is 2.23. The van der Waals surface area contributed by atoms with Gasteiger partial charge in [-0.2, -0.15) is 5.10 Å². The first-order valence-electron chi connectivity index (χ1n) is 12.3. The highest BCUT2D eigenvalue weighted by Gasteiger charge is 2.23. The molecule has 0 spiro atoms. The molecule has 2 N–H and O–H groups in total. The minimum absolute atomic E-state index is 0. The molecule has 0 radical (unpaired) electrons. The highest BCUT2D eigenvalue weighted by molar-refractivity contribution is 14.0. The molecule has 0 bridgehead atoms. The topological polar surface area (TPSA) is 70.4 Å². The minimum atomic E-state index is 0. The number of benzene rings is 1. The van der Waals surface area contributed by atoms with Crippen molar-refractivity contribution in [1.82, 2.24) is 25.4 Å². The lowest BCUT2D eigenvalue weighted by atomic mass is 9.99. The molecule has 0 saturated carbocycles. The van der Waals surface area contributed by atoms with Crippen molar-refractivity contribution < 1.29 is 0 Å². The number of hydrogen-bond acceptors (Lipinski definition) is 4. The van der Waals surface area contributed by atoms with Gasteiger partial charge in [0.05, 0.1) is 13.1 Å². The molecule has 2 aliphatic heterocycles. The van der Waals surface area contributed by atoms with Crippen LogP contribution in [0.25, 0.3) is 0 Å². The fourth-order valence-corrected chi connectivity index (χ4v) is 4.45. The van der Waals surface area contributed by atoms with Crippen LogP contribution in [0, 0.1) is 5.92 Å². The Morgan fingerprint density at radius 1 is 1.15 bits per heavy atom. The molecule has 0 amide bonds. The molecule has 1 saturated heterocycles. The minimum Gasteiger partial charge on any atom is -0.372 e. The number of fused-ring (bicyclic) bond motifs is 1. The number of halogens is 1. The Kier molecular flexibility index (Phi) is 9.40. The van der Waals surface area contributed by atoms with Gasteiger partial charge in [-0.05, 0) is 49.8 Å². The third-order valence-electron chi connectivity index (χ3n) is 6.58. The Labute approximate surface area is 215 Å². The number of nitrogens with one attached hydrogen (secondary N) is 2. The van der Waals surface area contributed by atoms with Crippen LogP contribution >= 0.6 is 24.0 Å². The molecular weight excluding hydrogens is 525 g/mol. The average Bonchev–Trinajstić information content (AvgIpc) is 3.22. The van der Waals surface area contributed by atoms with Gasteiger partial charge in [0.25, 0.3) is 0 Å². The lowest BCUT2D eigenvalue weighted by molar-refractivity contribution is 0.391. The van der Waals surface area contributed by atoms with Gasteiger partial charge in [0.2, 0.25) is 0 Å². The van der Waals surface area contributed by atoms with Crippen molar-refractivity contribution >= 4 is 35.6 Å². The Morgan fingerprint density at radius 2 is 1.88 bits per heavy atom. The summed E-state index contributed by atoms with van der Waals surface area (Å²) in [6.45, 7) is 13.4. The highest BCUT2D eigenvalue weighted by atomic mass is 127. The number of guanidine groups is 1. The molecule has 0 aliphatic carbocycles. The first-order chi connectivity index (χ1) is 15.5. The zero-order valence-corrected chi connectivity index (χ0v) is 22.9. The maximum Gasteiger partial charge on any atom is 0.191 e. The predicted molar refractivity (Wildman–Crippen MR) is 147 cm³/mol. The second-order valence-electron chi connectivity index (χ2n) is 9.63. The van der Waals surface area contributed by atoms with Gasteiger partial charge in [-0.3, -0.25) is 0 Å². The monoisotopic (exact) mass is 565 g/mol. The van der Waals surface area contributed by atoms with Crippen molar-refractivity contribution in [2.45, 2.75) is 78.4 Å². The van der Waals surface area contributed by atoms with E-state index < -0.39 is 0 Å². The van der Waals surface area contributed by atoms with E-state index >= 15 is 0 Å². The summed E-state index contributed by atoms with van der Waals surface area (Å²) < 4.78 is 2.07. The van der Waals surface area contributed by atoms with Gasteiger partial charge >= 0.3 is 0 Å². The normalized spacial score (nSPS) is 19.2. The van der Waals surface area contributed by atoms with Gasteiger partial charge in [-0.15, -0.1) is 24.0 Å². The van der Waals surface area contributed by atoms with E-state index in [1.165, 1.54) is 37.2 Å². The van der Waals surface area contributed by atoms with Crippen LogP contribution in [-0.2, 0) is 19.5 Å². The number of aromatic nitrogens is 3. The van der Waals surface area contributed by atoms with Crippen molar-refractivity contribution in [2.75, 3.05) is 24.5 Å². The number of rotatable bonds is 6. The van der Waals surface area contributed by atoms with Crippen LogP contribution in [0.1, 0.15) is 70.1 Å². The number of aryl methyl sites for hydroxylation is 1. The van der Waals surface area contributed by atoms with E-state index in [1.807, 2.05) is 0 Å². The van der Waals surface area contributed by atoms with E-state index in [0.717, 1.165) is 49.5 Å². The van der Waals surface area contributed by atoms with Gasteiger partial charge in [0.1, 0.15) is 5.82 Å². The van der Waals surface area contributed by atoms with Crippen LogP contribution in [0.2, 0.25) is 0 Å². The third-order valence-corrected chi connectivity index (χ3v) is 6.58. The average molecular weight is 566 g/mol. The van der Waals surface area contributed by atoms with E-state index in [9.17, 15) is 0 Å². The van der Waals surface area contributed by atoms with Crippen LogP contribution < -0.4 is 15.5 Å². The number of aliphatic imine (C=N–C) groups is 1. The van der Waals surface area contributed by atoms with Crippen LogP contribution in [0.4, 0.5) is 5.69 Å². The smallest absolute Gasteiger partial charge is 0.191 e. The fourth-order valence-electron chi connectivity index (χ4n) is 4.45. The summed E-state index contributed by atoms with van der Waals surface area (Å²) >= 11 is 0. The lowest BCUT2D eigenvalue weighted by Gasteiger charge is -2.32. The molecule has 1 aromatic carbocycles. The second kappa shape index (κ2) is 12.0. The van der Waals surface area contributed by atoms with E-state index in [0.29, 0.717) is 18.5 Å². The molecule has 1 aromatic heterocycles. The van der Waals surface area contributed by atoms with Crippen molar-refractivity contribution in [1.29, 1.82) is 0 Å². The molecule has 33 heavy (non-hydrogen) atoms. The Hall–Kier alpha value is -1.84. The van der Waals surface area contributed by atoms with E-state index in [-0.39, 0.29) is 24.0 Å². The molecule has 1 fully saturated rings. The number of hydrogen-bond donors (Lipinski definition) is 2. The molecule has 182 valence electrons. The molecule has 4 rings (SSSR count). The zero-order chi connectivity index (χ0) is 22.5. The third kappa shape index (κ3) is 6.83. The van der Waals surface area contributed by atoms with E-state index in [2.05, 4.69) is 72.2 Å². The molecule has 2 aliphatic rings. The van der Waals surface area contributed by atoms with E-state index in [4.69, 9.17) is 15.1 Å². The van der Waals surface area contributed by atoms with Gasteiger partial charge in [0.15, 0.2) is 11.8 Å². The summed E-state index contributed by atoms with van der Waals surface area (Å²) in [6.07, 6.45) is 4.58. The van der Waals surface area contributed by atoms with Crippen LogP contribution in [0.5, 0.6) is 0 Å². The van der Waals surface area contributed by atoms with Crippen molar-refractivity contribution in [3.63, 3.8) is 0 Å². The van der Waals surface area contributed by atoms with Gasteiger partial charge in [-0.1, -0.05) is 32.9 Å². The first kappa shape index (κ1) is 25.8.